The molecule has 1 amide bonds. The summed E-state index contributed by atoms with van der Waals surface area (Å²) in [6.07, 6.45) is 0.959. The van der Waals surface area contributed by atoms with E-state index in [4.69, 9.17) is 30.5 Å². The third kappa shape index (κ3) is 4.84. The molecule has 3 aromatic carbocycles. The molecule has 38 heavy (non-hydrogen) atoms. The zero-order valence-corrected chi connectivity index (χ0v) is 23.1. The molecule has 0 fully saturated rings. The van der Waals surface area contributed by atoms with E-state index in [1.807, 2.05) is 37.2 Å². The fourth-order valence-electron chi connectivity index (χ4n) is 4.86. The average molecular weight is 539 g/mol. The molecular formula is C29H31ClN2O6. The number of carbonyl (C=O) groups excluding carboxylic acids is 1. The lowest BCUT2D eigenvalue weighted by Crippen LogP contribution is -2.29. The van der Waals surface area contributed by atoms with E-state index in [1.165, 1.54) is 34.5 Å². The highest BCUT2D eigenvalue weighted by Gasteiger charge is 2.32. The van der Waals surface area contributed by atoms with Crippen LogP contribution in [-0.4, -0.2) is 48.4 Å². The van der Waals surface area contributed by atoms with E-state index in [0.29, 0.717) is 57.4 Å². The van der Waals surface area contributed by atoms with Gasteiger partial charge in [-0.3, -0.25) is 9.59 Å². The number of methoxy groups -OCH3 is 4. The molecule has 9 heteroatoms. The first kappa shape index (κ1) is 27.1. The van der Waals surface area contributed by atoms with E-state index >= 15 is 0 Å². The van der Waals surface area contributed by atoms with E-state index in [2.05, 4.69) is 5.32 Å². The summed E-state index contributed by atoms with van der Waals surface area (Å²) in [7, 11) is 9.83. The second kappa shape index (κ2) is 11.2. The Morgan fingerprint density at radius 1 is 0.947 bits per heavy atom. The SMILES string of the molecule is COc1c(Cl)c2c(c(OC)c1OC)-c1ccc(OC)c(=O)cc1[C@@H](NC(=O)c1cccc(N(C)C)c1)CC2. The Bertz CT molecular complexity index is 1440. The molecule has 0 bridgehead atoms. The van der Waals surface area contributed by atoms with Gasteiger partial charge in [-0.25, -0.2) is 0 Å². The monoisotopic (exact) mass is 538 g/mol. The molecule has 8 nitrogen and oxygen atoms in total. The normalized spacial score (nSPS) is 13.9. The van der Waals surface area contributed by atoms with Crippen LogP contribution in [0.5, 0.6) is 23.0 Å². The van der Waals surface area contributed by atoms with Gasteiger partial charge in [-0.05, 0) is 59.9 Å². The van der Waals surface area contributed by atoms with Gasteiger partial charge >= 0.3 is 0 Å². The summed E-state index contributed by atoms with van der Waals surface area (Å²) in [6.45, 7) is 0. The van der Waals surface area contributed by atoms with Gasteiger partial charge in [0.05, 0.1) is 39.5 Å². The number of anilines is 1. The quantitative estimate of drug-likeness (QED) is 0.458. The van der Waals surface area contributed by atoms with Gasteiger partial charge in [0.15, 0.2) is 17.2 Å². The van der Waals surface area contributed by atoms with Crippen molar-refractivity contribution in [2.45, 2.75) is 18.9 Å². The lowest BCUT2D eigenvalue weighted by molar-refractivity contribution is 0.0935. The van der Waals surface area contributed by atoms with Crippen molar-refractivity contribution in [3.8, 4) is 34.1 Å². The summed E-state index contributed by atoms with van der Waals surface area (Å²) < 4.78 is 22.4. The molecule has 0 saturated carbocycles. The second-order valence-electron chi connectivity index (χ2n) is 9.06. The first-order chi connectivity index (χ1) is 18.2. The number of nitrogens with zero attached hydrogens (tertiary/aromatic N) is 1. The van der Waals surface area contributed by atoms with Crippen molar-refractivity contribution in [3.63, 3.8) is 0 Å². The topological polar surface area (TPSA) is 86.3 Å². The third-order valence-corrected chi connectivity index (χ3v) is 7.14. The third-order valence-electron chi connectivity index (χ3n) is 6.74. The highest BCUT2D eigenvalue weighted by atomic mass is 35.5. The van der Waals surface area contributed by atoms with Crippen molar-refractivity contribution in [2.24, 2.45) is 0 Å². The highest BCUT2D eigenvalue weighted by Crippen LogP contribution is 2.54. The van der Waals surface area contributed by atoms with Crippen molar-refractivity contribution in [1.82, 2.24) is 5.32 Å². The van der Waals surface area contributed by atoms with Crippen molar-refractivity contribution >= 4 is 23.2 Å². The zero-order valence-electron chi connectivity index (χ0n) is 22.3. The Labute approximate surface area is 227 Å². The van der Waals surface area contributed by atoms with Crippen LogP contribution in [0.15, 0.2) is 47.3 Å². The van der Waals surface area contributed by atoms with Crippen LogP contribution in [0, 0.1) is 0 Å². The summed E-state index contributed by atoms with van der Waals surface area (Å²) in [6, 6.07) is 11.8. The summed E-state index contributed by atoms with van der Waals surface area (Å²) >= 11 is 6.86. The fourth-order valence-corrected chi connectivity index (χ4v) is 5.21. The molecule has 0 saturated heterocycles. The van der Waals surface area contributed by atoms with Crippen LogP contribution in [0.1, 0.15) is 33.9 Å². The Balaban J connectivity index is 1.94. The number of hydrogen-bond acceptors (Lipinski definition) is 7. The highest BCUT2D eigenvalue weighted by molar-refractivity contribution is 6.34. The molecule has 0 unspecified atom stereocenters. The number of fused-ring (bicyclic) bond motifs is 3. The molecule has 0 spiro atoms. The largest absolute Gasteiger partial charge is 0.493 e. The van der Waals surface area contributed by atoms with E-state index < -0.39 is 6.04 Å². The molecule has 0 aliphatic heterocycles. The van der Waals surface area contributed by atoms with Gasteiger partial charge in [-0.2, -0.15) is 0 Å². The van der Waals surface area contributed by atoms with Gasteiger partial charge in [0.2, 0.25) is 11.2 Å². The number of amides is 1. The average Bonchev–Trinajstić information content (AvgIpc) is 3.17. The van der Waals surface area contributed by atoms with Crippen LogP contribution >= 0.6 is 11.6 Å². The van der Waals surface area contributed by atoms with Crippen molar-refractivity contribution in [3.05, 3.63) is 74.4 Å². The number of halogens is 1. The number of hydrogen-bond donors (Lipinski definition) is 1. The lowest BCUT2D eigenvalue weighted by Gasteiger charge is -2.21. The number of rotatable bonds is 7. The van der Waals surface area contributed by atoms with Crippen LogP contribution in [-0.2, 0) is 6.42 Å². The zero-order chi connectivity index (χ0) is 27.6. The molecule has 3 aromatic rings. The molecule has 4 rings (SSSR count). The van der Waals surface area contributed by atoms with Crippen LogP contribution in [0.2, 0.25) is 5.02 Å². The van der Waals surface area contributed by atoms with Gasteiger partial charge < -0.3 is 29.2 Å². The summed E-state index contributed by atoms with van der Waals surface area (Å²) in [5.74, 6) is 1.04. The molecule has 1 aliphatic rings. The Morgan fingerprint density at radius 3 is 2.29 bits per heavy atom. The number of ether oxygens (including phenoxy) is 4. The molecule has 0 aromatic heterocycles. The first-order valence-corrected chi connectivity index (χ1v) is 12.4. The Morgan fingerprint density at radius 2 is 1.66 bits per heavy atom. The number of nitrogens with one attached hydrogen (secondary N) is 1. The van der Waals surface area contributed by atoms with E-state index in [0.717, 1.165) is 11.3 Å². The van der Waals surface area contributed by atoms with Crippen molar-refractivity contribution in [1.29, 1.82) is 0 Å². The van der Waals surface area contributed by atoms with Gasteiger partial charge in [-0.15, -0.1) is 0 Å². The van der Waals surface area contributed by atoms with Gasteiger partial charge in [0.25, 0.3) is 5.91 Å². The summed E-state index contributed by atoms with van der Waals surface area (Å²) in [5.41, 5.74) is 3.84. The van der Waals surface area contributed by atoms with E-state index in [9.17, 15) is 9.59 Å². The van der Waals surface area contributed by atoms with Gasteiger partial charge in [-0.1, -0.05) is 23.7 Å². The van der Waals surface area contributed by atoms with Crippen LogP contribution in [0.3, 0.4) is 0 Å². The molecule has 1 atom stereocenters. The second-order valence-corrected chi connectivity index (χ2v) is 9.43. The Hall–Kier alpha value is -3.91. The minimum atomic E-state index is -0.504. The Kier molecular flexibility index (Phi) is 8.02. The maximum absolute atomic E-state index is 13.4. The minimum Gasteiger partial charge on any atom is -0.493 e. The van der Waals surface area contributed by atoms with Gasteiger partial charge in [0, 0.05) is 30.9 Å². The maximum atomic E-state index is 13.4. The van der Waals surface area contributed by atoms with Crippen molar-refractivity contribution < 1.29 is 23.7 Å². The first-order valence-electron chi connectivity index (χ1n) is 12.1. The predicted octanol–water partition coefficient (Wildman–Crippen LogP) is 4.88. The molecule has 1 aliphatic carbocycles. The maximum Gasteiger partial charge on any atom is 0.251 e. The molecule has 1 N–H and O–H groups in total. The molecule has 200 valence electrons. The smallest absolute Gasteiger partial charge is 0.251 e. The van der Waals surface area contributed by atoms with Gasteiger partial charge in [0.1, 0.15) is 0 Å². The standard InChI is InChI=1S/C29H31ClN2O6/c1-32(2)17-9-7-8-16(14-17)29(34)31-21-12-10-19-24(18-11-13-23(35-3)22(33)15-20(18)21)26(36-4)28(38-6)27(37-5)25(19)30/h7-9,11,13-15,21H,10,12H2,1-6H3,(H,31,34)/t21-/m0/s1. The van der Waals surface area contributed by atoms with Crippen LogP contribution in [0.4, 0.5) is 5.69 Å². The summed E-state index contributed by atoms with van der Waals surface area (Å²) in [5, 5.41) is 3.53. The van der Waals surface area contributed by atoms with E-state index in [-0.39, 0.29) is 17.1 Å². The molecular weight excluding hydrogens is 508 g/mol. The lowest BCUT2D eigenvalue weighted by atomic mass is 9.95. The number of benzene rings is 2. The number of carbonyl (C=O) groups is 1. The predicted molar refractivity (Wildman–Crippen MR) is 149 cm³/mol. The minimum absolute atomic E-state index is 0.175. The van der Waals surface area contributed by atoms with E-state index in [1.54, 1.807) is 18.2 Å². The summed E-state index contributed by atoms with van der Waals surface area (Å²) in [4.78, 5) is 28.4. The van der Waals surface area contributed by atoms with Crippen molar-refractivity contribution in [2.75, 3.05) is 47.4 Å². The molecule has 0 heterocycles. The molecule has 0 radical (unpaired) electrons. The van der Waals surface area contributed by atoms with Crippen LogP contribution in [0.25, 0.3) is 11.1 Å². The van der Waals surface area contributed by atoms with Crippen LogP contribution < -0.4 is 34.6 Å². The fraction of sp³-hybridized carbons (Fsp3) is 0.310.